The molecular formula is C19H38O3Si. The van der Waals surface area contributed by atoms with Gasteiger partial charge in [0.15, 0.2) is 8.32 Å². The van der Waals surface area contributed by atoms with Crippen molar-refractivity contribution in [3.8, 4) is 0 Å². The number of esters is 1. The lowest BCUT2D eigenvalue weighted by Crippen LogP contribution is -2.46. The summed E-state index contributed by atoms with van der Waals surface area (Å²) in [7, 11) is -1.82. The maximum absolute atomic E-state index is 12.1. The van der Waals surface area contributed by atoms with Crippen LogP contribution in [0.25, 0.3) is 0 Å². The van der Waals surface area contributed by atoms with Crippen molar-refractivity contribution in [2.75, 3.05) is 6.61 Å². The third-order valence-corrected chi connectivity index (χ3v) is 10.4. The maximum Gasteiger partial charge on any atom is 0.306 e. The molecule has 0 aromatic heterocycles. The maximum atomic E-state index is 12.1. The van der Waals surface area contributed by atoms with E-state index < -0.39 is 8.32 Å². The first-order valence-corrected chi connectivity index (χ1v) is 12.3. The van der Waals surface area contributed by atoms with Gasteiger partial charge in [0, 0.05) is 6.10 Å². The molecule has 2 atom stereocenters. The zero-order valence-electron chi connectivity index (χ0n) is 16.4. The first kappa shape index (κ1) is 20.7. The summed E-state index contributed by atoms with van der Waals surface area (Å²) in [6, 6.07) is 0. The molecule has 1 saturated carbocycles. The molecule has 0 radical (unpaired) electrons. The first-order valence-electron chi connectivity index (χ1n) is 9.42. The van der Waals surface area contributed by atoms with Crippen LogP contribution in [0.5, 0.6) is 0 Å². The van der Waals surface area contributed by atoms with Crippen LogP contribution in [0.4, 0.5) is 0 Å². The van der Waals surface area contributed by atoms with Crippen LogP contribution in [-0.2, 0) is 14.0 Å². The molecule has 0 heterocycles. The van der Waals surface area contributed by atoms with Crippen molar-refractivity contribution >= 4 is 14.3 Å². The van der Waals surface area contributed by atoms with Gasteiger partial charge in [0.1, 0.15) is 0 Å². The van der Waals surface area contributed by atoms with Gasteiger partial charge in [-0.1, -0.05) is 52.9 Å². The van der Waals surface area contributed by atoms with Gasteiger partial charge in [0.05, 0.1) is 13.0 Å². The Kier molecular flexibility index (Phi) is 7.79. The standard InChI is InChI=1S/C19H38O3Si/c1-8-21-18(20)14-17(16-12-10-9-11-13-16)15(2)22-23(6,7)19(3,4)5/h15-17H,8-14H2,1-7H3/t15-,17+/m1/s1. The van der Waals surface area contributed by atoms with Crippen molar-refractivity contribution < 1.29 is 14.0 Å². The van der Waals surface area contributed by atoms with Crippen LogP contribution >= 0.6 is 0 Å². The summed E-state index contributed by atoms with van der Waals surface area (Å²) in [5, 5.41) is 0.197. The zero-order chi connectivity index (χ0) is 17.7. The lowest BCUT2D eigenvalue weighted by Gasteiger charge is -2.42. The molecule has 0 spiro atoms. The minimum atomic E-state index is -1.82. The van der Waals surface area contributed by atoms with E-state index in [1.807, 2.05) is 6.92 Å². The Morgan fingerprint density at radius 1 is 1.17 bits per heavy atom. The molecule has 0 aliphatic heterocycles. The number of hydrogen-bond donors (Lipinski definition) is 0. The Bertz CT molecular complexity index is 367. The highest BCUT2D eigenvalue weighted by Crippen LogP contribution is 2.41. The van der Waals surface area contributed by atoms with Crippen molar-refractivity contribution in [3.05, 3.63) is 0 Å². The third kappa shape index (κ3) is 6.22. The third-order valence-electron chi connectivity index (χ3n) is 5.85. The van der Waals surface area contributed by atoms with Crippen molar-refractivity contribution in [2.45, 2.75) is 97.4 Å². The molecule has 4 heteroatoms. The molecular weight excluding hydrogens is 304 g/mol. The van der Waals surface area contributed by atoms with Gasteiger partial charge in [-0.15, -0.1) is 0 Å². The first-order chi connectivity index (χ1) is 10.6. The number of ether oxygens (including phenoxy) is 1. The molecule has 0 N–H and O–H groups in total. The van der Waals surface area contributed by atoms with E-state index in [-0.39, 0.29) is 17.1 Å². The largest absolute Gasteiger partial charge is 0.466 e. The number of rotatable bonds is 7. The molecule has 0 aromatic carbocycles. The second kappa shape index (κ2) is 8.66. The van der Waals surface area contributed by atoms with Crippen molar-refractivity contribution in [1.29, 1.82) is 0 Å². The summed E-state index contributed by atoms with van der Waals surface area (Å²) in [5.74, 6) is 0.838. The smallest absolute Gasteiger partial charge is 0.306 e. The van der Waals surface area contributed by atoms with Crippen molar-refractivity contribution in [3.63, 3.8) is 0 Å². The van der Waals surface area contributed by atoms with Crippen LogP contribution in [-0.4, -0.2) is 27.0 Å². The molecule has 23 heavy (non-hydrogen) atoms. The number of carbonyl (C=O) groups is 1. The second-order valence-corrected chi connectivity index (χ2v) is 13.4. The Balaban J connectivity index is 2.82. The number of carbonyl (C=O) groups excluding carboxylic acids is 1. The fraction of sp³-hybridized carbons (Fsp3) is 0.947. The fourth-order valence-electron chi connectivity index (χ4n) is 3.42. The highest BCUT2D eigenvalue weighted by Gasteiger charge is 2.41. The van der Waals surface area contributed by atoms with Gasteiger partial charge >= 0.3 is 5.97 Å². The van der Waals surface area contributed by atoms with E-state index >= 15 is 0 Å². The highest BCUT2D eigenvalue weighted by atomic mass is 28.4. The van der Waals surface area contributed by atoms with Crippen molar-refractivity contribution in [2.24, 2.45) is 11.8 Å². The Hall–Kier alpha value is -0.353. The minimum Gasteiger partial charge on any atom is -0.466 e. The molecule has 0 aromatic rings. The lowest BCUT2D eigenvalue weighted by atomic mass is 9.76. The van der Waals surface area contributed by atoms with Gasteiger partial charge in [-0.05, 0) is 43.8 Å². The molecule has 136 valence electrons. The average molecular weight is 343 g/mol. The van der Waals surface area contributed by atoms with Crippen molar-refractivity contribution in [1.82, 2.24) is 0 Å². The minimum absolute atomic E-state index is 0.0613. The van der Waals surface area contributed by atoms with Crippen LogP contribution in [0.1, 0.15) is 73.1 Å². The molecule has 0 saturated heterocycles. The average Bonchev–Trinajstić information content (AvgIpc) is 2.44. The van der Waals surface area contributed by atoms with Gasteiger partial charge < -0.3 is 9.16 Å². The van der Waals surface area contributed by atoms with Crippen LogP contribution in [0.2, 0.25) is 18.1 Å². The fourth-order valence-corrected chi connectivity index (χ4v) is 4.88. The van der Waals surface area contributed by atoms with Gasteiger partial charge in [0.25, 0.3) is 0 Å². The Labute approximate surface area is 144 Å². The molecule has 0 unspecified atom stereocenters. The number of hydrogen-bond acceptors (Lipinski definition) is 3. The van der Waals surface area contributed by atoms with E-state index in [1.54, 1.807) is 0 Å². The van der Waals surface area contributed by atoms with E-state index in [9.17, 15) is 4.79 Å². The molecule has 1 fully saturated rings. The predicted octanol–water partition coefficient (Wildman–Crippen LogP) is 5.55. The Morgan fingerprint density at radius 2 is 1.74 bits per heavy atom. The summed E-state index contributed by atoms with van der Waals surface area (Å²) in [6.45, 7) is 15.9. The molecule has 1 rings (SSSR count). The SMILES string of the molecule is CCOC(=O)C[C@H](C1CCCCC1)[C@@H](C)O[Si](C)(C)C(C)(C)C. The summed E-state index contributed by atoms with van der Waals surface area (Å²) < 4.78 is 11.9. The van der Waals surface area contributed by atoms with Crippen LogP contribution in [0, 0.1) is 11.8 Å². The molecule has 0 amide bonds. The van der Waals surface area contributed by atoms with Crippen LogP contribution < -0.4 is 0 Å². The quantitative estimate of drug-likeness (QED) is 0.449. The summed E-state index contributed by atoms with van der Waals surface area (Å²) >= 11 is 0. The molecule has 0 bridgehead atoms. The van der Waals surface area contributed by atoms with Gasteiger partial charge in [-0.25, -0.2) is 0 Å². The second-order valence-electron chi connectivity index (χ2n) is 8.65. The van der Waals surface area contributed by atoms with Gasteiger partial charge in [-0.3, -0.25) is 4.79 Å². The van der Waals surface area contributed by atoms with Gasteiger partial charge in [0.2, 0.25) is 0 Å². The monoisotopic (exact) mass is 342 g/mol. The topological polar surface area (TPSA) is 35.5 Å². The summed E-state index contributed by atoms with van der Waals surface area (Å²) in [6.07, 6.45) is 7.01. The highest BCUT2D eigenvalue weighted by molar-refractivity contribution is 6.74. The molecule has 3 nitrogen and oxygen atoms in total. The van der Waals surface area contributed by atoms with E-state index in [1.165, 1.54) is 32.1 Å². The summed E-state index contributed by atoms with van der Waals surface area (Å²) in [5.41, 5.74) is 0. The zero-order valence-corrected chi connectivity index (χ0v) is 17.4. The van der Waals surface area contributed by atoms with E-state index in [0.717, 1.165) is 0 Å². The molecule has 1 aliphatic rings. The predicted molar refractivity (Wildman–Crippen MR) is 99.1 cm³/mol. The van der Waals surface area contributed by atoms with Crippen LogP contribution in [0.3, 0.4) is 0 Å². The lowest BCUT2D eigenvalue weighted by molar-refractivity contribution is -0.146. The van der Waals surface area contributed by atoms with Gasteiger partial charge in [-0.2, -0.15) is 0 Å². The normalized spacial score (nSPS) is 20.1. The van der Waals surface area contributed by atoms with E-state index in [4.69, 9.17) is 9.16 Å². The summed E-state index contributed by atoms with van der Waals surface area (Å²) in [4.78, 5) is 12.1. The Morgan fingerprint density at radius 3 is 2.22 bits per heavy atom. The molecule has 1 aliphatic carbocycles. The van der Waals surface area contributed by atoms with E-state index in [2.05, 4.69) is 40.8 Å². The van der Waals surface area contributed by atoms with Crippen LogP contribution in [0.15, 0.2) is 0 Å². The van der Waals surface area contributed by atoms with E-state index in [0.29, 0.717) is 24.9 Å².